The second-order valence-corrected chi connectivity index (χ2v) is 5.99. The zero-order chi connectivity index (χ0) is 15.5. The van der Waals surface area contributed by atoms with Crippen LogP contribution in [0.1, 0.15) is 0 Å². The molecular weight excluding hydrogens is 298 g/mol. The maximum absolute atomic E-state index is 3.33. The van der Waals surface area contributed by atoms with E-state index in [0.29, 0.717) is 0 Å². The summed E-state index contributed by atoms with van der Waals surface area (Å²) in [5.41, 5.74) is 6.03. The fourth-order valence-corrected chi connectivity index (χ4v) is 3.34. The van der Waals surface area contributed by atoms with Crippen molar-refractivity contribution in [3.8, 4) is 22.3 Å². The molecule has 0 unspecified atom stereocenters. The molecule has 0 atom stereocenters. The van der Waals surface area contributed by atoms with Crippen LogP contribution in [0.25, 0.3) is 22.3 Å². The molecule has 0 spiro atoms. The standard InChI is InChI=1S/C21H15NS/c1-3-8-17(9-4-1)19-12-7-13-20(18-10-5-2-6-11-18)21(19)22-14-15-23-16-22/h1-15H. The third-order valence-electron chi connectivity index (χ3n) is 3.88. The van der Waals surface area contributed by atoms with Gasteiger partial charge in [0.1, 0.15) is 0 Å². The Bertz CT molecular complexity index is 767. The summed E-state index contributed by atoms with van der Waals surface area (Å²) in [6.45, 7) is 0. The van der Waals surface area contributed by atoms with E-state index in [0.717, 1.165) is 0 Å². The van der Waals surface area contributed by atoms with Gasteiger partial charge in [0.05, 0.1) is 5.69 Å². The molecule has 4 rings (SSSR count). The number of para-hydroxylation sites is 1. The van der Waals surface area contributed by atoms with Crippen molar-refractivity contribution in [3.05, 3.63) is 96.3 Å². The highest BCUT2D eigenvalue weighted by Crippen LogP contribution is 2.42. The number of nitrogens with zero attached hydrogens (tertiary/aromatic N) is 1. The number of rotatable bonds is 3. The van der Waals surface area contributed by atoms with Gasteiger partial charge in [-0.05, 0) is 16.5 Å². The Morgan fingerprint density at radius 1 is 0.652 bits per heavy atom. The fraction of sp³-hybridized carbons (Fsp3) is 0. The van der Waals surface area contributed by atoms with Crippen LogP contribution in [0.5, 0.6) is 0 Å². The van der Waals surface area contributed by atoms with Gasteiger partial charge in [0.25, 0.3) is 0 Å². The summed E-state index contributed by atoms with van der Waals surface area (Å²) in [7, 11) is 0. The maximum atomic E-state index is 3.33. The van der Waals surface area contributed by atoms with Gasteiger partial charge >= 0.3 is 0 Å². The first-order valence-electron chi connectivity index (χ1n) is 7.54. The Morgan fingerprint density at radius 2 is 1.22 bits per heavy atom. The topological polar surface area (TPSA) is 3.24 Å². The minimum absolute atomic E-state index is 1.17. The molecule has 23 heavy (non-hydrogen) atoms. The molecule has 0 amide bonds. The van der Waals surface area contributed by atoms with Crippen LogP contribution in [-0.2, 0) is 0 Å². The summed E-state index contributed by atoms with van der Waals surface area (Å²) >= 11 is 1.58. The molecular formula is C21H15NS. The molecule has 1 nitrogen and oxygen atoms in total. The van der Waals surface area contributed by atoms with Gasteiger partial charge < -0.3 is 4.90 Å². The largest absolute Gasteiger partial charge is 0.325 e. The summed E-state index contributed by atoms with van der Waals surface area (Å²) in [5.74, 6) is 3.33. The molecule has 1 aliphatic heterocycles. The smallest absolute Gasteiger partial charge is 0.168 e. The van der Waals surface area contributed by atoms with Crippen LogP contribution in [0.2, 0.25) is 0 Å². The Kier molecular flexibility index (Phi) is 3.91. The van der Waals surface area contributed by atoms with E-state index in [1.54, 1.807) is 11.8 Å². The van der Waals surface area contributed by atoms with E-state index in [9.17, 15) is 0 Å². The van der Waals surface area contributed by atoms with Crippen molar-refractivity contribution in [3.63, 3.8) is 0 Å². The van der Waals surface area contributed by atoms with Crippen molar-refractivity contribution >= 4 is 17.4 Å². The molecule has 2 heteroatoms. The highest BCUT2D eigenvalue weighted by molar-refractivity contribution is 8.04. The molecule has 3 aromatic rings. The van der Waals surface area contributed by atoms with Crippen molar-refractivity contribution < 1.29 is 0 Å². The predicted octanol–water partition coefficient (Wildman–Crippen LogP) is 6.04. The van der Waals surface area contributed by atoms with Crippen LogP contribution < -0.4 is 4.90 Å². The minimum atomic E-state index is 1.17. The van der Waals surface area contributed by atoms with Gasteiger partial charge in [-0.25, -0.2) is 0 Å². The maximum Gasteiger partial charge on any atom is 0.168 e. The van der Waals surface area contributed by atoms with E-state index in [1.165, 1.54) is 27.9 Å². The molecule has 0 N–H and O–H groups in total. The van der Waals surface area contributed by atoms with Crippen molar-refractivity contribution in [2.75, 3.05) is 4.90 Å². The molecule has 1 aliphatic rings. The molecule has 1 heterocycles. The van der Waals surface area contributed by atoms with E-state index in [-0.39, 0.29) is 0 Å². The second kappa shape index (κ2) is 6.35. The third kappa shape index (κ3) is 2.78. The molecule has 0 aromatic heterocycles. The molecule has 110 valence electrons. The Morgan fingerprint density at radius 3 is 1.70 bits per heavy atom. The lowest BCUT2D eigenvalue weighted by Gasteiger charge is -2.22. The van der Waals surface area contributed by atoms with Crippen LogP contribution in [0.4, 0.5) is 5.69 Å². The fourth-order valence-electron chi connectivity index (χ4n) is 2.83. The van der Waals surface area contributed by atoms with E-state index in [4.69, 9.17) is 0 Å². The third-order valence-corrected chi connectivity index (χ3v) is 4.44. The summed E-state index contributed by atoms with van der Waals surface area (Å²) in [6, 6.07) is 27.5. The van der Waals surface area contributed by atoms with E-state index >= 15 is 0 Å². The van der Waals surface area contributed by atoms with Crippen LogP contribution in [0, 0.1) is 5.88 Å². The van der Waals surface area contributed by atoms with Crippen molar-refractivity contribution in [1.82, 2.24) is 0 Å². The number of hydrogen-bond acceptors (Lipinski definition) is 2. The zero-order valence-electron chi connectivity index (χ0n) is 12.5. The van der Waals surface area contributed by atoms with Gasteiger partial charge in [-0.1, -0.05) is 90.6 Å². The highest BCUT2D eigenvalue weighted by atomic mass is 32.2. The molecule has 0 aliphatic carbocycles. The number of thioether (sulfide) groups is 1. The van der Waals surface area contributed by atoms with Gasteiger partial charge in [-0.15, -0.1) is 0 Å². The highest BCUT2D eigenvalue weighted by Gasteiger charge is 2.19. The Labute approximate surface area is 141 Å². The lowest BCUT2D eigenvalue weighted by molar-refractivity contribution is 1.28. The van der Waals surface area contributed by atoms with Crippen LogP contribution in [0.3, 0.4) is 0 Å². The molecule has 0 bridgehead atoms. The molecule has 0 saturated heterocycles. The SMILES string of the molecule is [C]1SC=CN1c1c(-c2ccccc2)cccc1-c1ccccc1. The van der Waals surface area contributed by atoms with Crippen LogP contribution >= 0.6 is 11.8 Å². The number of hydrogen-bond donors (Lipinski definition) is 0. The Balaban J connectivity index is 1.95. The van der Waals surface area contributed by atoms with E-state index in [2.05, 4.69) is 89.1 Å². The number of benzene rings is 3. The van der Waals surface area contributed by atoms with E-state index in [1.807, 2.05) is 12.1 Å². The molecule has 3 aromatic carbocycles. The first kappa shape index (κ1) is 14.2. The first-order valence-corrected chi connectivity index (χ1v) is 8.42. The lowest BCUT2D eigenvalue weighted by Crippen LogP contribution is -2.09. The first-order chi connectivity index (χ1) is 11.4. The summed E-state index contributed by atoms with van der Waals surface area (Å²) in [6.07, 6.45) is 2.07. The van der Waals surface area contributed by atoms with E-state index < -0.39 is 0 Å². The van der Waals surface area contributed by atoms with Crippen molar-refractivity contribution in [2.24, 2.45) is 0 Å². The predicted molar refractivity (Wildman–Crippen MR) is 99.8 cm³/mol. The van der Waals surface area contributed by atoms with Crippen molar-refractivity contribution in [1.29, 1.82) is 0 Å². The summed E-state index contributed by atoms with van der Waals surface area (Å²) in [4.78, 5) is 2.09. The van der Waals surface area contributed by atoms with Gasteiger partial charge in [0.15, 0.2) is 5.88 Å². The van der Waals surface area contributed by atoms with Gasteiger partial charge in [-0.3, -0.25) is 0 Å². The average molecular weight is 313 g/mol. The molecule has 0 saturated carbocycles. The quantitative estimate of drug-likeness (QED) is 0.580. The normalized spacial score (nSPS) is 13.5. The van der Waals surface area contributed by atoms with Crippen LogP contribution in [0.15, 0.2) is 90.5 Å². The Hall–Kier alpha value is -2.45. The average Bonchev–Trinajstić information content (AvgIpc) is 3.17. The summed E-state index contributed by atoms with van der Waals surface area (Å²) in [5, 5.41) is 2.05. The minimum Gasteiger partial charge on any atom is -0.325 e. The van der Waals surface area contributed by atoms with Crippen LogP contribution in [-0.4, -0.2) is 0 Å². The monoisotopic (exact) mass is 313 g/mol. The van der Waals surface area contributed by atoms with Crippen molar-refractivity contribution in [2.45, 2.75) is 0 Å². The second-order valence-electron chi connectivity index (χ2n) is 5.30. The molecule has 0 fully saturated rings. The van der Waals surface area contributed by atoms with Gasteiger partial charge in [0.2, 0.25) is 0 Å². The number of anilines is 1. The zero-order valence-corrected chi connectivity index (χ0v) is 13.3. The van der Waals surface area contributed by atoms with Gasteiger partial charge in [-0.2, -0.15) is 0 Å². The summed E-state index contributed by atoms with van der Waals surface area (Å²) < 4.78 is 0. The van der Waals surface area contributed by atoms with Gasteiger partial charge in [0, 0.05) is 17.3 Å². The lowest BCUT2D eigenvalue weighted by atomic mass is 9.95. The molecule has 2 radical (unpaired) electrons.